The molecule has 0 aromatic heterocycles. The molecule has 2 unspecified atom stereocenters. The molecular weight excluding hydrogens is 178 g/mol. The number of nitrogens with one attached hydrogen (secondary N) is 1. The van der Waals surface area contributed by atoms with E-state index < -0.39 is 5.60 Å². The van der Waals surface area contributed by atoms with Crippen LogP contribution in [0, 0.1) is 11.3 Å². The first kappa shape index (κ1) is 10.4. The standard InChI is InChI=1S/C11H21NO2/c1-9-3-2-4-11(14,5-9)10(8-13)6-12-7-10/h9,12-14H,2-8H2,1H3. The van der Waals surface area contributed by atoms with Crippen molar-refractivity contribution in [2.24, 2.45) is 11.3 Å². The Bertz CT molecular complexity index is 210. The molecule has 1 heterocycles. The lowest BCUT2D eigenvalue weighted by Crippen LogP contribution is -2.68. The van der Waals surface area contributed by atoms with E-state index in [1.807, 2.05) is 0 Å². The summed E-state index contributed by atoms with van der Waals surface area (Å²) in [4.78, 5) is 0. The highest BCUT2D eigenvalue weighted by atomic mass is 16.3. The number of aliphatic hydroxyl groups is 2. The number of rotatable bonds is 2. The number of aliphatic hydroxyl groups excluding tert-OH is 1. The zero-order valence-electron chi connectivity index (χ0n) is 8.92. The summed E-state index contributed by atoms with van der Waals surface area (Å²) < 4.78 is 0. The molecule has 0 radical (unpaired) electrons. The van der Waals surface area contributed by atoms with Gasteiger partial charge in [-0.15, -0.1) is 0 Å². The highest BCUT2D eigenvalue weighted by molar-refractivity contribution is 5.08. The molecule has 2 atom stereocenters. The van der Waals surface area contributed by atoms with Gasteiger partial charge in [0, 0.05) is 18.5 Å². The van der Waals surface area contributed by atoms with E-state index in [2.05, 4.69) is 12.2 Å². The van der Waals surface area contributed by atoms with E-state index >= 15 is 0 Å². The average Bonchev–Trinajstić information content (AvgIpc) is 2.01. The Morgan fingerprint density at radius 3 is 2.57 bits per heavy atom. The van der Waals surface area contributed by atoms with Crippen LogP contribution in [0.1, 0.15) is 32.6 Å². The van der Waals surface area contributed by atoms with Crippen molar-refractivity contribution in [3.8, 4) is 0 Å². The Morgan fingerprint density at radius 1 is 1.43 bits per heavy atom. The first-order chi connectivity index (χ1) is 6.62. The Morgan fingerprint density at radius 2 is 2.14 bits per heavy atom. The fraction of sp³-hybridized carbons (Fsp3) is 1.00. The van der Waals surface area contributed by atoms with Gasteiger partial charge in [-0.3, -0.25) is 0 Å². The Labute approximate surface area is 85.5 Å². The molecule has 1 saturated carbocycles. The first-order valence-corrected chi connectivity index (χ1v) is 5.66. The largest absolute Gasteiger partial charge is 0.396 e. The fourth-order valence-corrected chi connectivity index (χ4v) is 3.02. The molecule has 0 amide bonds. The maximum Gasteiger partial charge on any atom is 0.0752 e. The van der Waals surface area contributed by atoms with Gasteiger partial charge in [-0.05, 0) is 18.8 Å². The van der Waals surface area contributed by atoms with Crippen LogP contribution in [0.25, 0.3) is 0 Å². The van der Waals surface area contributed by atoms with Gasteiger partial charge in [-0.25, -0.2) is 0 Å². The van der Waals surface area contributed by atoms with Crippen molar-refractivity contribution in [2.45, 2.75) is 38.2 Å². The van der Waals surface area contributed by atoms with Crippen LogP contribution in [0.3, 0.4) is 0 Å². The summed E-state index contributed by atoms with van der Waals surface area (Å²) in [5.41, 5.74) is -0.869. The molecule has 2 fully saturated rings. The smallest absolute Gasteiger partial charge is 0.0752 e. The Kier molecular flexibility index (Phi) is 2.58. The van der Waals surface area contributed by atoms with Crippen LogP contribution in [-0.2, 0) is 0 Å². The van der Waals surface area contributed by atoms with Crippen molar-refractivity contribution in [3.63, 3.8) is 0 Å². The first-order valence-electron chi connectivity index (χ1n) is 5.66. The van der Waals surface area contributed by atoms with Gasteiger partial charge in [-0.1, -0.05) is 19.8 Å². The van der Waals surface area contributed by atoms with Crippen LogP contribution in [0.15, 0.2) is 0 Å². The molecule has 0 aromatic rings. The third kappa shape index (κ3) is 1.38. The van der Waals surface area contributed by atoms with Crippen LogP contribution in [0.2, 0.25) is 0 Å². The summed E-state index contributed by atoms with van der Waals surface area (Å²) in [5.74, 6) is 0.595. The SMILES string of the molecule is CC1CCCC(O)(C2(CO)CNC2)C1. The van der Waals surface area contributed by atoms with Crippen LogP contribution in [0.4, 0.5) is 0 Å². The molecule has 0 bridgehead atoms. The molecule has 0 spiro atoms. The third-order valence-electron chi connectivity index (χ3n) is 4.19. The fourth-order valence-electron chi connectivity index (χ4n) is 3.02. The lowest BCUT2D eigenvalue weighted by Gasteiger charge is -2.55. The topological polar surface area (TPSA) is 52.5 Å². The molecule has 1 aliphatic heterocycles. The maximum absolute atomic E-state index is 10.6. The monoisotopic (exact) mass is 199 g/mol. The van der Waals surface area contributed by atoms with E-state index in [-0.39, 0.29) is 12.0 Å². The highest BCUT2D eigenvalue weighted by Gasteiger charge is 2.54. The molecule has 2 aliphatic rings. The molecule has 82 valence electrons. The molecule has 1 aliphatic carbocycles. The van der Waals surface area contributed by atoms with Crippen LogP contribution >= 0.6 is 0 Å². The second kappa shape index (κ2) is 3.47. The van der Waals surface area contributed by atoms with Gasteiger partial charge in [0.15, 0.2) is 0 Å². The minimum Gasteiger partial charge on any atom is -0.396 e. The van der Waals surface area contributed by atoms with Crippen molar-refractivity contribution >= 4 is 0 Å². The molecule has 0 aromatic carbocycles. The molecule has 3 nitrogen and oxygen atoms in total. The minimum absolute atomic E-state index is 0.114. The summed E-state index contributed by atoms with van der Waals surface area (Å²) >= 11 is 0. The number of hydrogen-bond donors (Lipinski definition) is 3. The second-order valence-corrected chi connectivity index (χ2v) is 5.28. The Balaban J connectivity index is 2.12. The van der Waals surface area contributed by atoms with E-state index in [0.29, 0.717) is 5.92 Å². The van der Waals surface area contributed by atoms with Crippen molar-refractivity contribution in [1.29, 1.82) is 0 Å². The zero-order valence-corrected chi connectivity index (χ0v) is 8.92. The van der Waals surface area contributed by atoms with Gasteiger partial charge in [-0.2, -0.15) is 0 Å². The van der Waals surface area contributed by atoms with Gasteiger partial charge in [0.1, 0.15) is 0 Å². The van der Waals surface area contributed by atoms with Crippen molar-refractivity contribution < 1.29 is 10.2 Å². The summed E-state index contributed by atoms with van der Waals surface area (Å²) in [5, 5.41) is 23.2. The molecule has 1 saturated heterocycles. The normalized spacial score (nSPS) is 41.8. The van der Waals surface area contributed by atoms with Gasteiger partial charge in [0.05, 0.1) is 12.2 Å². The zero-order chi connectivity index (χ0) is 10.2. The molecule has 3 N–H and O–H groups in total. The van der Waals surface area contributed by atoms with Crippen molar-refractivity contribution in [1.82, 2.24) is 5.32 Å². The van der Waals surface area contributed by atoms with Crippen molar-refractivity contribution in [2.75, 3.05) is 19.7 Å². The van der Waals surface area contributed by atoms with Gasteiger partial charge in [0.25, 0.3) is 0 Å². The van der Waals surface area contributed by atoms with E-state index in [1.165, 1.54) is 6.42 Å². The third-order valence-corrected chi connectivity index (χ3v) is 4.19. The summed E-state index contributed by atoms with van der Waals surface area (Å²) in [6, 6.07) is 0. The molecule has 14 heavy (non-hydrogen) atoms. The summed E-state index contributed by atoms with van der Waals surface area (Å²) in [7, 11) is 0. The van der Waals surface area contributed by atoms with Gasteiger partial charge in [0.2, 0.25) is 0 Å². The molecule has 3 heteroatoms. The Hall–Kier alpha value is -0.120. The van der Waals surface area contributed by atoms with E-state index in [1.54, 1.807) is 0 Å². The van der Waals surface area contributed by atoms with E-state index in [0.717, 1.165) is 32.4 Å². The molecule has 2 rings (SSSR count). The lowest BCUT2D eigenvalue weighted by atomic mass is 9.60. The van der Waals surface area contributed by atoms with E-state index in [4.69, 9.17) is 0 Å². The minimum atomic E-state index is -0.620. The van der Waals surface area contributed by atoms with Crippen LogP contribution in [0.5, 0.6) is 0 Å². The summed E-state index contributed by atoms with van der Waals surface area (Å²) in [6.07, 6.45) is 4.03. The second-order valence-electron chi connectivity index (χ2n) is 5.28. The quantitative estimate of drug-likeness (QED) is 0.607. The van der Waals surface area contributed by atoms with Crippen LogP contribution < -0.4 is 5.32 Å². The van der Waals surface area contributed by atoms with Gasteiger partial charge < -0.3 is 15.5 Å². The maximum atomic E-state index is 10.6. The predicted molar refractivity (Wildman–Crippen MR) is 55.0 cm³/mol. The number of hydrogen-bond acceptors (Lipinski definition) is 3. The lowest BCUT2D eigenvalue weighted by molar-refractivity contribution is -0.161. The summed E-state index contributed by atoms with van der Waals surface area (Å²) in [6.45, 7) is 3.85. The molecular formula is C11H21NO2. The predicted octanol–water partition coefficient (Wildman–Crippen LogP) is 0.509. The van der Waals surface area contributed by atoms with Crippen LogP contribution in [-0.4, -0.2) is 35.5 Å². The van der Waals surface area contributed by atoms with Crippen molar-refractivity contribution in [3.05, 3.63) is 0 Å². The van der Waals surface area contributed by atoms with E-state index in [9.17, 15) is 10.2 Å². The van der Waals surface area contributed by atoms with Gasteiger partial charge >= 0.3 is 0 Å². The highest BCUT2D eigenvalue weighted by Crippen LogP contribution is 2.46. The average molecular weight is 199 g/mol.